The fourth-order valence-electron chi connectivity index (χ4n) is 11.0. The van der Waals surface area contributed by atoms with Crippen LogP contribution in [0.1, 0.15) is 138 Å². The molecule has 0 unspecified atom stereocenters. The van der Waals surface area contributed by atoms with Gasteiger partial charge in [-0.25, -0.2) is 0 Å². The number of anilines is 6. The molecule has 10 rings (SSSR count). The summed E-state index contributed by atoms with van der Waals surface area (Å²) in [5, 5.41) is 27.6. The molecule has 318 valence electrons. The molecule has 2 aliphatic carbocycles. The summed E-state index contributed by atoms with van der Waals surface area (Å²) in [6.45, 7) is 13.6. The highest BCUT2D eigenvalue weighted by Gasteiger charge is 2.30. The van der Waals surface area contributed by atoms with Crippen LogP contribution in [0.4, 0.5) is 34.1 Å². The van der Waals surface area contributed by atoms with Gasteiger partial charge in [-0.05, 0) is 177 Å². The Labute approximate surface area is 379 Å². The van der Waals surface area contributed by atoms with Crippen molar-refractivity contribution in [3.05, 3.63) is 167 Å². The summed E-state index contributed by atoms with van der Waals surface area (Å²) >= 11 is 0. The van der Waals surface area contributed by atoms with Crippen molar-refractivity contribution < 1.29 is 0 Å². The van der Waals surface area contributed by atoms with Crippen LogP contribution in [0.5, 0.6) is 0 Å². The molecule has 0 aromatic heterocycles. The summed E-state index contributed by atoms with van der Waals surface area (Å²) in [4.78, 5) is 4.88. The molecule has 8 aromatic rings. The van der Waals surface area contributed by atoms with Gasteiger partial charge in [-0.1, -0.05) is 116 Å². The van der Waals surface area contributed by atoms with Gasteiger partial charge in [0.15, 0.2) is 0 Å². The molecule has 0 aliphatic heterocycles. The maximum absolute atomic E-state index is 9.86. The highest BCUT2D eigenvalue weighted by Crippen LogP contribution is 2.53. The normalized spacial score (nSPS) is 15.0. The summed E-state index contributed by atoms with van der Waals surface area (Å²) in [6, 6.07) is 53.9. The van der Waals surface area contributed by atoms with Crippen LogP contribution >= 0.6 is 0 Å². The van der Waals surface area contributed by atoms with Crippen molar-refractivity contribution in [3.8, 4) is 12.1 Å². The Balaban J connectivity index is 1.31. The van der Waals surface area contributed by atoms with Gasteiger partial charge in [0.2, 0.25) is 0 Å². The number of nitriles is 2. The predicted octanol–water partition coefficient (Wildman–Crippen LogP) is 17.2. The number of rotatable bonds is 8. The molecule has 8 aromatic carbocycles. The second kappa shape index (κ2) is 16.2. The van der Waals surface area contributed by atoms with Gasteiger partial charge in [0.05, 0.1) is 34.6 Å². The lowest BCUT2D eigenvalue weighted by molar-refractivity contribution is 0.590. The van der Waals surface area contributed by atoms with Crippen LogP contribution in [0.2, 0.25) is 0 Å². The van der Waals surface area contributed by atoms with Crippen LogP contribution < -0.4 is 9.80 Å². The van der Waals surface area contributed by atoms with E-state index in [2.05, 4.69) is 173 Å². The van der Waals surface area contributed by atoms with Crippen molar-refractivity contribution >= 4 is 66.4 Å². The van der Waals surface area contributed by atoms with Gasteiger partial charge in [0, 0.05) is 33.5 Å². The largest absolute Gasteiger partial charge is 0.310 e. The maximum Gasteiger partial charge on any atom is 0.0991 e. The first-order chi connectivity index (χ1) is 30.9. The van der Waals surface area contributed by atoms with E-state index < -0.39 is 0 Å². The molecule has 0 N–H and O–H groups in total. The van der Waals surface area contributed by atoms with Crippen LogP contribution in [-0.4, -0.2) is 0 Å². The minimum atomic E-state index is 0.0233. The zero-order valence-electron chi connectivity index (χ0n) is 38.3. The Morgan fingerprint density at radius 1 is 0.406 bits per heavy atom. The molecule has 0 amide bonds. The zero-order valence-corrected chi connectivity index (χ0v) is 38.3. The molecule has 0 heterocycles. The second-order valence-corrected chi connectivity index (χ2v) is 20.6. The molecule has 2 aliphatic rings. The maximum atomic E-state index is 9.86. The van der Waals surface area contributed by atoms with Gasteiger partial charge in [-0.15, -0.1) is 0 Å². The van der Waals surface area contributed by atoms with Crippen LogP contribution in [0.3, 0.4) is 0 Å². The minimum absolute atomic E-state index is 0.0233. The average molecular weight is 835 g/mol. The molecule has 64 heavy (non-hydrogen) atoms. The number of hydrogen-bond donors (Lipinski definition) is 0. The first-order valence-electron chi connectivity index (χ1n) is 23.5. The van der Waals surface area contributed by atoms with Gasteiger partial charge >= 0.3 is 0 Å². The molecule has 0 atom stereocenters. The summed E-state index contributed by atoms with van der Waals surface area (Å²) in [6.07, 6.45) is 9.76. The third-order valence-electron chi connectivity index (χ3n) is 14.5. The highest BCUT2D eigenvalue weighted by molar-refractivity contribution is 6.29. The first kappa shape index (κ1) is 41.4. The van der Waals surface area contributed by atoms with E-state index in [-0.39, 0.29) is 10.8 Å². The summed E-state index contributed by atoms with van der Waals surface area (Å²) in [7, 11) is 0. The van der Waals surface area contributed by atoms with Crippen LogP contribution in [0, 0.1) is 22.7 Å². The van der Waals surface area contributed by atoms with E-state index in [4.69, 9.17) is 0 Å². The molecule has 2 saturated carbocycles. The van der Waals surface area contributed by atoms with Crippen LogP contribution in [-0.2, 0) is 10.8 Å². The Hall–Kier alpha value is -6.62. The summed E-state index contributed by atoms with van der Waals surface area (Å²) in [5.74, 6) is 0.944. The fourth-order valence-corrected chi connectivity index (χ4v) is 11.0. The minimum Gasteiger partial charge on any atom is -0.310 e. The molecule has 4 nitrogen and oxygen atoms in total. The molecule has 0 radical (unpaired) electrons. The standard InChI is InChI=1S/C60H58N4/c1-59(2,3)43-19-27-47(28-20-43)63(45-23-15-39(37-61)16-24-45)55-35-53(41-11-7-8-12-41)49-32-34-52-56(36-54(42-13-9-10-14-42)50-31-33-51(55)57(49)58(50)52)64(46-25-17-40(38-62)18-26-46)48-29-21-44(22-30-48)60(4,5)6/h15-36,41-42H,7-14H2,1-6H3. The Morgan fingerprint density at radius 2 is 0.703 bits per heavy atom. The van der Waals surface area contributed by atoms with Crippen molar-refractivity contribution in [1.29, 1.82) is 10.5 Å². The van der Waals surface area contributed by atoms with E-state index in [9.17, 15) is 10.5 Å². The van der Waals surface area contributed by atoms with Gasteiger partial charge < -0.3 is 9.80 Å². The number of hydrogen-bond acceptors (Lipinski definition) is 4. The topological polar surface area (TPSA) is 54.1 Å². The van der Waals surface area contributed by atoms with E-state index in [0.717, 1.165) is 22.7 Å². The SMILES string of the molecule is CC(C)(C)c1ccc(N(c2ccc(C#N)cc2)c2cc(C3CCCC3)c3ccc4c(N(c5ccc(C#N)cc5)c5ccc(C(C)(C)C)cc5)cc(C5CCCC5)c5ccc2c3c54)cc1. The molecule has 4 heteroatoms. The van der Waals surface area contributed by atoms with Crippen molar-refractivity contribution in [3.63, 3.8) is 0 Å². The average Bonchev–Trinajstić information content (AvgIpc) is 4.06. The fraction of sp³-hybridized carbons (Fsp3) is 0.300. The molecule has 0 saturated heterocycles. The quantitative estimate of drug-likeness (QED) is 0.143. The van der Waals surface area contributed by atoms with Gasteiger partial charge in [0.25, 0.3) is 0 Å². The third kappa shape index (κ3) is 7.34. The zero-order chi connectivity index (χ0) is 44.3. The van der Waals surface area contributed by atoms with Crippen molar-refractivity contribution in [2.24, 2.45) is 0 Å². The lowest BCUT2D eigenvalue weighted by Gasteiger charge is -2.32. The van der Waals surface area contributed by atoms with Gasteiger partial charge in [-0.3, -0.25) is 0 Å². The van der Waals surface area contributed by atoms with Crippen LogP contribution in [0.25, 0.3) is 32.3 Å². The monoisotopic (exact) mass is 834 g/mol. The third-order valence-corrected chi connectivity index (χ3v) is 14.5. The van der Waals surface area contributed by atoms with E-state index in [1.165, 1.54) is 117 Å². The van der Waals surface area contributed by atoms with Crippen molar-refractivity contribution in [1.82, 2.24) is 0 Å². The number of benzene rings is 8. The lowest BCUT2D eigenvalue weighted by Crippen LogP contribution is -2.15. The predicted molar refractivity (Wildman–Crippen MR) is 269 cm³/mol. The number of nitrogens with zero attached hydrogens (tertiary/aromatic N) is 4. The lowest BCUT2D eigenvalue weighted by atomic mass is 9.82. The molecule has 2 fully saturated rings. The molecular formula is C60H58N4. The van der Waals surface area contributed by atoms with Crippen molar-refractivity contribution in [2.75, 3.05) is 9.80 Å². The Kier molecular flexibility index (Phi) is 10.5. The summed E-state index contributed by atoms with van der Waals surface area (Å²) < 4.78 is 0. The van der Waals surface area contributed by atoms with E-state index in [1.807, 2.05) is 24.3 Å². The Bertz CT molecular complexity index is 2850. The van der Waals surface area contributed by atoms with E-state index >= 15 is 0 Å². The van der Waals surface area contributed by atoms with Gasteiger partial charge in [0.1, 0.15) is 0 Å². The molecule has 0 spiro atoms. The summed E-state index contributed by atoms with van der Waals surface area (Å²) in [5.41, 5.74) is 13.4. The molecular weight excluding hydrogens is 777 g/mol. The van der Waals surface area contributed by atoms with E-state index in [1.54, 1.807) is 0 Å². The molecule has 0 bridgehead atoms. The van der Waals surface area contributed by atoms with Crippen molar-refractivity contribution in [2.45, 2.75) is 116 Å². The van der Waals surface area contributed by atoms with Crippen LogP contribution in [0.15, 0.2) is 133 Å². The van der Waals surface area contributed by atoms with Gasteiger partial charge in [-0.2, -0.15) is 10.5 Å². The van der Waals surface area contributed by atoms with E-state index in [0.29, 0.717) is 23.0 Å². The second-order valence-electron chi connectivity index (χ2n) is 20.6. The smallest absolute Gasteiger partial charge is 0.0991 e. The first-order valence-corrected chi connectivity index (χ1v) is 23.5. The highest BCUT2D eigenvalue weighted by atomic mass is 15.1. The Morgan fingerprint density at radius 3 is 1.00 bits per heavy atom.